The van der Waals surface area contributed by atoms with Crippen molar-refractivity contribution in [3.63, 3.8) is 0 Å². The smallest absolute Gasteiger partial charge is 0.287 e. The third-order valence-corrected chi connectivity index (χ3v) is 2.32. The molecule has 0 bridgehead atoms. The van der Waals surface area contributed by atoms with Gasteiger partial charge in [0, 0.05) is 25.4 Å². The number of nitro groups is 1. The molecule has 1 rings (SSSR count). The summed E-state index contributed by atoms with van der Waals surface area (Å²) in [5.41, 5.74) is 0.497. The zero-order valence-electron chi connectivity index (χ0n) is 10.6. The minimum Gasteiger partial charge on any atom is -0.383 e. The molecule has 0 aromatic heterocycles. The molecular weight excluding hydrogens is 250 g/mol. The van der Waals surface area contributed by atoms with Gasteiger partial charge in [0.2, 0.25) is 0 Å². The Balaban J connectivity index is 2.47. The number of anilines is 1. The van der Waals surface area contributed by atoms with Gasteiger partial charge in [0.1, 0.15) is 11.6 Å². The lowest BCUT2D eigenvalue weighted by Gasteiger charge is -2.07. The van der Waals surface area contributed by atoms with Crippen LogP contribution in [0.3, 0.4) is 0 Å². The number of nitrogens with one attached hydrogen (secondary N) is 1. The van der Waals surface area contributed by atoms with Crippen molar-refractivity contribution in [2.45, 2.75) is 0 Å². The number of ether oxygens (including phenoxy) is 2. The van der Waals surface area contributed by atoms with Crippen LogP contribution in [0.25, 0.3) is 0 Å². The first-order valence-electron chi connectivity index (χ1n) is 5.68. The van der Waals surface area contributed by atoms with Gasteiger partial charge in [0.15, 0.2) is 0 Å². The lowest BCUT2D eigenvalue weighted by molar-refractivity contribution is -0.385. The second-order valence-electron chi connectivity index (χ2n) is 3.63. The molecule has 7 heteroatoms. The van der Waals surface area contributed by atoms with Gasteiger partial charge < -0.3 is 14.8 Å². The zero-order valence-corrected chi connectivity index (χ0v) is 10.6. The van der Waals surface area contributed by atoms with Crippen molar-refractivity contribution in [2.24, 2.45) is 0 Å². The fraction of sp³-hybridized carbons (Fsp3) is 0.417. The number of nitro benzene ring substituents is 1. The molecule has 1 aromatic rings. The summed E-state index contributed by atoms with van der Waals surface area (Å²) in [6, 6.07) is 6.13. The van der Waals surface area contributed by atoms with E-state index in [1.807, 2.05) is 0 Å². The third kappa shape index (κ3) is 4.91. The van der Waals surface area contributed by atoms with E-state index in [0.717, 1.165) is 0 Å². The Labute approximate surface area is 110 Å². The van der Waals surface area contributed by atoms with Crippen LogP contribution >= 0.6 is 0 Å². The molecule has 1 N–H and O–H groups in total. The molecule has 0 aliphatic rings. The number of methoxy groups -OCH3 is 1. The minimum absolute atomic E-state index is 0.0373. The number of rotatable bonds is 8. The van der Waals surface area contributed by atoms with E-state index in [4.69, 9.17) is 14.7 Å². The van der Waals surface area contributed by atoms with Crippen LogP contribution in [-0.2, 0) is 9.47 Å². The molecule has 1 aromatic carbocycles. The highest BCUT2D eigenvalue weighted by atomic mass is 16.6. The van der Waals surface area contributed by atoms with Crippen molar-refractivity contribution < 1.29 is 14.4 Å². The molecule has 19 heavy (non-hydrogen) atoms. The van der Waals surface area contributed by atoms with E-state index >= 15 is 0 Å². The minimum atomic E-state index is -0.573. The van der Waals surface area contributed by atoms with Gasteiger partial charge in [0.25, 0.3) is 5.69 Å². The van der Waals surface area contributed by atoms with Crippen LogP contribution in [0.5, 0.6) is 0 Å². The molecule has 0 fully saturated rings. The largest absolute Gasteiger partial charge is 0.383 e. The van der Waals surface area contributed by atoms with Crippen LogP contribution in [0.2, 0.25) is 0 Å². The molecule has 7 nitrogen and oxygen atoms in total. The van der Waals surface area contributed by atoms with E-state index in [0.29, 0.717) is 32.1 Å². The standard InChI is InChI=1S/C12H15N3O4/c1-18-6-7-19-5-4-14-11-2-3-12(15(16)17)10(8-11)9-13/h2-3,8,14H,4-7H2,1H3. The van der Waals surface area contributed by atoms with Gasteiger partial charge in [-0.05, 0) is 12.1 Å². The van der Waals surface area contributed by atoms with Crippen molar-refractivity contribution in [3.8, 4) is 6.07 Å². The van der Waals surface area contributed by atoms with Gasteiger partial charge in [0.05, 0.1) is 24.7 Å². The van der Waals surface area contributed by atoms with Crippen LogP contribution in [0.4, 0.5) is 11.4 Å². The summed E-state index contributed by atoms with van der Waals surface area (Å²) < 4.78 is 10.1. The molecule has 0 spiro atoms. The second kappa shape index (κ2) is 8.02. The summed E-state index contributed by atoms with van der Waals surface area (Å²) in [6.45, 7) is 2.09. The van der Waals surface area contributed by atoms with E-state index in [1.165, 1.54) is 12.1 Å². The Morgan fingerprint density at radius 3 is 2.84 bits per heavy atom. The highest BCUT2D eigenvalue weighted by molar-refractivity contribution is 5.58. The van der Waals surface area contributed by atoms with E-state index in [2.05, 4.69) is 5.32 Å². The van der Waals surface area contributed by atoms with Gasteiger partial charge in [-0.25, -0.2) is 0 Å². The highest BCUT2D eigenvalue weighted by Crippen LogP contribution is 2.21. The van der Waals surface area contributed by atoms with Gasteiger partial charge in [-0.2, -0.15) is 5.26 Å². The second-order valence-corrected chi connectivity index (χ2v) is 3.63. The maximum atomic E-state index is 10.7. The molecule has 0 saturated heterocycles. The summed E-state index contributed by atoms with van der Waals surface area (Å²) in [5.74, 6) is 0. The third-order valence-electron chi connectivity index (χ3n) is 2.32. The Bertz CT molecular complexity index is 471. The Morgan fingerprint density at radius 1 is 1.42 bits per heavy atom. The van der Waals surface area contributed by atoms with Crippen LogP contribution in [0, 0.1) is 21.4 Å². The highest BCUT2D eigenvalue weighted by Gasteiger charge is 2.13. The van der Waals surface area contributed by atoms with Gasteiger partial charge in [-0.1, -0.05) is 0 Å². The monoisotopic (exact) mass is 265 g/mol. The van der Waals surface area contributed by atoms with E-state index in [1.54, 1.807) is 19.2 Å². The van der Waals surface area contributed by atoms with Crippen molar-refractivity contribution in [3.05, 3.63) is 33.9 Å². The van der Waals surface area contributed by atoms with Gasteiger partial charge >= 0.3 is 0 Å². The fourth-order valence-corrected chi connectivity index (χ4v) is 1.41. The molecular formula is C12H15N3O4. The lowest BCUT2D eigenvalue weighted by Crippen LogP contribution is -2.12. The van der Waals surface area contributed by atoms with Gasteiger partial charge in [-0.3, -0.25) is 10.1 Å². The fourth-order valence-electron chi connectivity index (χ4n) is 1.41. The molecule has 0 atom stereocenters. The first kappa shape index (κ1) is 14.9. The number of benzene rings is 1. The van der Waals surface area contributed by atoms with E-state index in [-0.39, 0.29) is 11.3 Å². The summed E-state index contributed by atoms with van der Waals surface area (Å²) in [4.78, 5) is 10.1. The molecule has 0 aliphatic heterocycles. The summed E-state index contributed by atoms with van der Waals surface area (Å²) in [7, 11) is 1.60. The number of hydrogen-bond acceptors (Lipinski definition) is 6. The summed E-state index contributed by atoms with van der Waals surface area (Å²) >= 11 is 0. The number of hydrogen-bond donors (Lipinski definition) is 1. The Morgan fingerprint density at radius 2 is 2.21 bits per heavy atom. The molecule has 0 saturated carbocycles. The summed E-state index contributed by atoms with van der Waals surface area (Å²) in [5, 5.41) is 22.5. The lowest BCUT2D eigenvalue weighted by atomic mass is 10.2. The predicted molar refractivity (Wildman–Crippen MR) is 69.0 cm³/mol. The van der Waals surface area contributed by atoms with Crippen molar-refractivity contribution >= 4 is 11.4 Å². The quantitative estimate of drug-likeness (QED) is 0.435. The topological polar surface area (TPSA) is 97.4 Å². The first-order valence-corrected chi connectivity index (χ1v) is 5.68. The molecule has 102 valence electrons. The maximum absolute atomic E-state index is 10.7. The maximum Gasteiger partial charge on any atom is 0.287 e. The zero-order chi connectivity index (χ0) is 14.1. The molecule has 0 unspecified atom stereocenters. The number of nitrogens with zero attached hydrogens (tertiary/aromatic N) is 2. The molecule has 0 radical (unpaired) electrons. The van der Waals surface area contributed by atoms with Crippen molar-refractivity contribution in [1.29, 1.82) is 5.26 Å². The van der Waals surface area contributed by atoms with Crippen LogP contribution in [-0.4, -0.2) is 38.4 Å². The normalized spacial score (nSPS) is 9.89. The Kier molecular flexibility index (Phi) is 6.29. The average molecular weight is 265 g/mol. The van der Waals surface area contributed by atoms with Gasteiger partial charge in [-0.15, -0.1) is 0 Å². The first-order chi connectivity index (χ1) is 9.19. The van der Waals surface area contributed by atoms with Crippen LogP contribution in [0.15, 0.2) is 18.2 Å². The predicted octanol–water partition coefficient (Wildman–Crippen LogP) is 1.54. The summed E-state index contributed by atoms with van der Waals surface area (Å²) in [6.07, 6.45) is 0. The molecule has 0 amide bonds. The van der Waals surface area contributed by atoms with Crippen molar-refractivity contribution in [2.75, 3.05) is 38.8 Å². The SMILES string of the molecule is COCCOCCNc1ccc([N+](=O)[O-])c(C#N)c1. The molecule has 0 aliphatic carbocycles. The van der Waals surface area contributed by atoms with E-state index in [9.17, 15) is 10.1 Å². The molecule has 0 heterocycles. The average Bonchev–Trinajstić information content (AvgIpc) is 2.42. The van der Waals surface area contributed by atoms with Crippen molar-refractivity contribution in [1.82, 2.24) is 0 Å². The Hall–Kier alpha value is -2.17. The number of nitriles is 1. The van der Waals surface area contributed by atoms with E-state index < -0.39 is 4.92 Å². The van der Waals surface area contributed by atoms with Crippen LogP contribution in [0.1, 0.15) is 5.56 Å². The van der Waals surface area contributed by atoms with Crippen LogP contribution < -0.4 is 5.32 Å².